The molecule has 0 unspecified atom stereocenters. The maximum Gasteiger partial charge on any atom is 0.226 e. The van der Waals surface area contributed by atoms with E-state index in [1.807, 2.05) is 50.2 Å². The van der Waals surface area contributed by atoms with Gasteiger partial charge in [-0.3, -0.25) is 9.59 Å². The molecule has 0 radical (unpaired) electrons. The largest absolute Gasteiger partial charge is 0.338 e. The molecule has 0 heterocycles. The van der Waals surface area contributed by atoms with Crippen molar-refractivity contribution in [1.82, 2.24) is 4.90 Å². The Hall–Kier alpha value is -2.33. The lowest BCUT2D eigenvalue weighted by Crippen LogP contribution is -2.31. The summed E-state index contributed by atoms with van der Waals surface area (Å²) in [7, 11) is 0. The number of carbonyl (C=O) groups excluding carboxylic acids is 2. The van der Waals surface area contributed by atoms with Crippen molar-refractivity contribution in [3.63, 3.8) is 0 Å². The van der Waals surface area contributed by atoms with E-state index in [-0.39, 0.29) is 18.2 Å². The van der Waals surface area contributed by atoms with Gasteiger partial charge in [-0.05, 0) is 42.7 Å². The second-order valence-electron chi connectivity index (χ2n) is 6.15. The molecular weight excluding hydrogens is 336 g/mol. The molecule has 0 aliphatic carbocycles. The molecule has 25 heavy (non-hydrogen) atoms. The van der Waals surface area contributed by atoms with E-state index in [2.05, 4.69) is 5.32 Å². The molecule has 0 atom stereocenters. The second-order valence-corrected chi connectivity index (χ2v) is 6.56. The zero-order valence-electron chi connectivity index (χ0n) is 14.8. The zero-order chi connectivity index (χ0) is 18.4. The van der Waals surface area contributed by atoms with Crippen LogP contribution in [0.4, 0.5) is 5.69 Å². The minimum absolute atomic E-state index is 0.0838. The number of halogens is 1. The molecule has 0 aromatic heterocycles. The van der Waals surface area contributed by atoms with Crippen molar-refractivity contribution in [1.29, 1.82) is 0 Å². The number of hydrogen-bond acceptors (Lipinski definition) is 2. The summed E-state index contributed by atoms with van der Waals surface area (Å²) in [6.45, 7) is 6.17. The zero-order valence-corrected chi connectivity index (χ0v) is 15.6. The molecule has 5 heteroatoms. The van der Waals surface area contributed by atoms with Crippen molar-refractivity contribution in [2.75, 3.05) is 11.9 Å². The van der Waals surface area contributed by atoms with Crippen LogP contribution in [-0.4, -0.2) is 23.3 Å². The van der Waals surface area contributed by atoms with Crippen molar-refractivity contribution >= 4 is 29.1 Å². The molecule has 0 bridgehead atoms. The summed E-state index contributed by atoms with van der Waals surface area (Å²) in [5.41, 5.74) is 3.78. The van der Waals surface area contributed by atoms with Crippen molar-refractivity contribution in [2.45, 2.75) is 33.7 Å². The van der Waals surface area contributed by atoms with Crippen molar-refractivity contribution in [3.8, 4) is 0 Å². The molecule has 0 aliphatic heterocycles. The van der Waals surface area contributed by atoms with Crippen molar-refractivity contribution in [2.24, 2.45) is 0 Å². The first-order valence-electron chi connectivity index (χ1n) is 8.23. The maximum atomic E-state index is 12.2. The van der Waals surface area contributed by atoms with E-state index in [0.717, 1.165) is 22.4 Å². The van der Waals surface area contributed by atoms with E-state index in [1.165, 1.54) is 6.92 Å². The number of nitrogens with one attached hydrogen (secondary N) is 1. The third-order valence-corrected chi connectivity index (χ3v) is 4.41. The molecule has 0 aliphatic rings. The summed E-state index contributed by atoms with van der Waals surface area (Å²) in [6, 6.07) is 13.3. The molecule has 2 rings (SSSR count). The Labute approximate surface area is 153 Å². The molecule has 1 N–H and O–H groups in total. The first-order valence-corrected chi connectivity index (χ1v) is 8.60. The monoisotopic (exact) mass is 358 g/mol. The summed E-state index contributed by atoms with van der Waals surface area (Å²) in [5.74, 6) is -0.196. The van der Waals surface area contributed by atoms with Crippen molar-refractivity contribution < 1.29 is 9.59 Å². The smallest absolute Gasteiger partial charge is 0.226 e. The molecule has 2 amide bonds. The van der Waals surface area contributed by atoms with Gasteiger partial charge in [0.25, 0.3) is 0 Å². The Morgan fingerprint density at radius 2 is 1.84 bits per heavy atom. The van der Waals surface area contributed by atoms with Crippen LogP contribution in [0.1, 0.15) is 30.0 Å². The average Bonchev–Trinajstić information content (AvgIpc) is 2.56. The summed E-state index contributed by atoms with van der Waals surface area (Å²) in [6.07, 6.45) is 0.234. The quantitative estimate of drug-likeness (QED) is 0.835. The van der Waals surface area contributed by atoms with Crippen LogP contribution in [0.15, 0.2) is 42.5 Å². The van der Waals surface area contributed by atoms with Crippen LogP contribution in [0.2, 0.25) is 5.02 Å². The Morgan fingerprint density at radius 3 is 2.52 bits per heavy atom. The van der Waals surface area contributed by atoms with Gasteiger partial charge >= 0.3 is 0 Å². The molecule has 2 aromatic rings. The van der Waals surface area contributed by atoms with Gasteiger partial charge in [0.2, 0.25) is 11.8 Å². The molecule has 2 aromatic carbocycles. The lowest BCUT2D eigenvalue weighted by atomic mass is 10.1. The van der Waals surface area contributed by atoms with E-state index in [4.69, 9.17) is 11.6 Å². The topological polar surface area (TPSA) is 49.4 Å². The second kappa shape index (κ2) is 8.67. The highest BCUT2D eigenvalue weighted by Crippen LogP contribution is 2.18. The van der Waals surface area contributed by atoms with E-state index in [9.17, 15) is 9.59 Å². The summed E-state index contributed by atoms with van der Waals surface area (Å²) in [4.78, 5) is 25.8. The number of amides is 2. The lowest BCUT2D eigenvalue weighted by molar-refractivity contribution is -0.129. The Balaban J connectivity index is 1.96. The molecule has 0 spiro atoms. The Morgan fingerprint density at radius 1 is 1.12 bits per heavy atom. The van der Waals surface area contributed by atoms with Crippen LogP contribution in [0.5, 0.6) is 0 Å². The van der Waals surface area contributed by atoms with Crippen LogP contribution < -0.4 is 5.32 Å². The van der Waals surface area contributed by atoms with E-state index >= 15 is 0 Å². The van der Waals surface area contributed by atoms with Crippen LogP contribution in [0.3, 0.4) is 0 Å². The highest BCUT2D eigenvalue weighted by atomic mass is 35.5. The summed E-state index contributed by atoms with van der Waals surface area (Å²) >= 11 is 6.16. The molecule has 132 valence electrons. The van der Waals surface area contributed by atoms with Gasteiger partial charge in [0, 0.05) is 37.1 Å². The summed E-state index contributed by atoms with van der Waals surface area (Å²) < 4.78 is 0. The molecule has 4 nitrogen and oxygen atoms in total. The number of carbonyl (C=O) groups is 2. The SMILES string of the molecule is CC(=O)N(CCC(=O)Nc1cc(C)ccc1C)Cc1ccccc1Cl. The fraction of sp³-hybridized carbons (Fsp3) is 0.300. The fourth-order valence-electron chi connectivity index (χ4n) is 2.50. The number of hydrogen-bond donors (Lipinski definition) is 1. The minimum Gasteiger partial charge on any atom is -0.338 e. The van der Waals surface area contributed by atoms with Gasteiger partial charge in [-0.25, -0.2) is 0 Å². The van der Waals surface area contributed by atoms with Crippen molar-refractivity contribution in [3.05, 3.63) is 64.2 Å². The predicted molar refractivity (Wildman–Crippen MR) is 102 cm³/mol. The predicted octanol–water partition coefficient (Wildman–Crippen LogP) is 4.33. The van der Waals surface area contributed by atoms with Gasteiger partial charge in [0.1, 0.15) is 0 Å². The number of rotatable bonds is 6. The lowest BCUT2D eigenvalue weighted by Gasteiger charge is -2.21. The van der Waals surface area contributed by atoms with Gasteiger partial charge in [0.05, 0.1) is 0 Å². The number of anilines is 1. The van der Waals surface area contributed by atoms with Crippen LogP contribution >= 0.6 is 11.6 Å². The standard InChI is InChI=1S/C20H23ClN2O2/c1-14-8-9-15(2)19(12-14)22-20(25)10-11-23(16(3)24)13-17-6-4-5-7-18(17)21/h4-9,12H,10-11,13H2,1-3H3,(H,22,25). The van der Waals surface area contributed by atoms with Gasteiger partial charge in [0.15, 0.2) is 0 Å². The summed E-state index contributed by atoms with van der Waals surface area (Å²) in [5, 5.41) is 3.54. The van der Waals surface area contributed by atoms with E-state index in [0.29, 0.717) is 18.1 Å². The fourth-order valence-corrected chi connectivity index (χ4v) is 2.70. The van der Waals surface area contributed by atoms with E-state index in [1.54, 1.807) is 11.0 Å². The first-order chi connectivity index (χ1) is 11.9. The van der Waals surface area contributed by atoms with Gasteiger partial charge < -0.3 is 10.2 Å². The van der Waals surface area contributed by atoms with E-state index < -0.39 is 0 Å². The minimum atomic E-state index is -0.112. The van der Waals surface area contributed by atoms with Gasteiger partial charge in [-0.15, -0.1) is 0 Å². The number of aryl methyl sites for hydroxylation is 2. The normalized spacial score (nSPS) is 10.4. The number of benzene rings is 2. The third kappa shape index (κ3) is 5.61. The average molecular weight is 359 g/mol. The Bertz CT molecular complexity index is 774. The first kappa shape index (κ1) is 19.0. The van der Waals surface area contributed by atoms with Gasteiger partial charge in [-0.2, -0.15) is 0 Å². The van der Waals surface area contributed by atoms with Crippen LogP contribution in [-0.2, 0) is 16.1 Å². The molecular formula is C20H23ClN2O2. The third-order valence-electron chi connectivity index (χ3n) is 4.04. The molecule has 0 saturated heterocycles. The Kier molecular flexibility index (Phi) is 6.59. The maximum absolute atomic E-state index is 12.2. The van der Waals surface area contributed by atoms with Gasteiger partial charge in [-0.1, -0.05) is 41.9 Å². The van der Waals surface area contributed by atoms with Crippen LogP contribution in [0, 0.1) is 13.8 Å². The van der Waals surface area contributed by atoms with Crippen LogP contribution in [0.25, 0.3) is 0 Å². The highest BCUT2D eigenvalue weighted by molar-refractivity contribution is 6.31. The molecule has 0 saturated carbocycles. The molecule has 0 fully saturated rings. The number of nitrogens with zero attached hydrogens (tertiary/aromatic N) is 1. The highest BCUT2D eigenvalue weighted by Gasteiger charge is 2.14.